The summed E-state index contributed by atoms with van der Waals surface area (Å²) in [6.45, 7) is 10.4. The molecular weight excluding hydrogens is 302 g/mol. The van der Waals surface area contributed by atoms with Crippen LogP contribution in [0.3, 0.4) is 0 Å². The van der Waals surface area contributed by atoms with Crippen molar-refractivity contribution in [1.29, 1.82) is 0 Å². The van der Waals surface area contributed by atoms with E-state index in [2.05, 4.69) is 15.3 Å². The molecule has 0 bridgehead atoms. The lowest BCUT2D eigenvalue weighted by molar-refractivity contribution is 0.464. The highest BCUT2D eigenvalue weighted by Crippen LogP contribution is 2.23. The Bertz CT molecular complexity index is 769. The largest absolute Gasteiger partial charge is 0.281 e. The first kappa shape index (κ1) is 16.7. The van der Waals surface area contributed by atoms with Crippen LogP contribution in [-0.4, -0.2) is 39.7 Å². The van der Waals surface area contributed by atoms with Gasteiger partial charge in [0.2, 0.25) is 10.0 Å². The molecule has 2 heterocycles. The predicted molar refractivity (Wildman–Crippen MR) is 84.1 cm³/mol. The van der Waals surface area contributed by atoms with Crippen molar-refractivity contribution < 1.29 is 8.42 Å². The van der Waals surface area contributed by atoms with Crippen molar-refractivity contribution in [3.63, 3.8) is 0 Å². The first-order chi connectivity index (χ1) is 10.2. The maximum atomic E-state index is 12.8. The zero-order chi connectivity index (χ0) is 16.7. The number of sulfonamides is 1. The van der Waals surface area contributed by atoms with E-state index in [1.165, 1.54) is 4.31 Å². The molecule has 0 unspecified atom stereocenters. The Hall–Kier alpha value is -1.67. The molecule has 0 fully saturated rings. The summed E-state index contributed by atoms with van der Waals surface area (Å²) in [7, 11) is -2.00. The van der Waals surface area contributed by atoms with Crippen molar-refractivity contribution in [2.24, 2.45) is 0 Å². The molecule has 0 spiro atoms. The number of aromatic nitrogens is 4. The fourth-order valence-electron chi connectivity index (χ4n) is 2.65. The molecule has 2 rings (SSSR count). The van der Waals surface area contributed by atoms with E-state index in [-0.39, 0.29) is 4.90 Å². The molecular formula is C14H23N5O2S. The smallest absolute Gasteiger partial charge is 0.246 e. The number of nitrogens with zero attached hydrogens (tertiary/aromatic N) is 4. The second-order valence-corrected chi connectivity index (χ2v) is 7.47. The highest BCUT2D eigenvalue weighted by molar-refractivity contribution is 7.89. The van der Waals surface area contributed by atoms with Gasteiger partial charge in [-0.05, 0) is 34.6 Å². The van der Waals surface area contributed by atoms with Crippen LogP contribution in [0, 0.1) is 27.7 Å². The van der Waals surface area contributed by atoms with Gasteiger partial charge in [0.1, 0.15) is 4.90 Å². The Morgan fingerprint density at radius 3 is 2.27 bits per heavy atom. The van der Waals surface area contributed by atoms with Gasteiger partial charge in [-0.1, -0.05) is 0 Å². The van der Waals surface area contributed by atoms with E-state index in [0.717, 1.165) is 23.5 Å². The fraction of sp³-hybridized carbons (Fsp3) is 0.571. The van der Waals surface area contributed by atoms with Gasteiger partial charge in [0.25, 0.3) is 0 Å². The Labute approximate surface area is 131 Å². The zero-order valence-electron chi connectivity index (χ0n) is 13.9. The van der Waals surface area contributed by atoms with E-state index in [4.69, 9.17) is 0 Å². The topological polar surface area (TPSA) is 83.9 Å². The van der Waals surface area contributed by atoms with Crippen LogP contribution in [-0.2, 0) is 23.1 Å². The third kappa shape index (κ3) is 2.68. The molecule has 0 saturated heterocycles. The SMILES string of the molecule is CCn1nc(C)c(CN(C)S(=O)(=O)c2c(C)n[nH]c2C)c1C. The highest BCUT2D eigenvalue weighted by atomic mass is 32.2. The van der Waals surface area contributed by atoms with Crippen molar-refractivity contribution in [1.82, 2.24) is 24.3 Å². The van der Waals surface area contributed by atoms with Gasteiger partial charge in [-0.15, -0.1) is 0 Å². The minimum atomic E-state index is -3.58. The van der Waals surface area contributed by atoms with Crippen LogP contribution in [0.4, 0.5) is 0 Å². The third-order valence-corrected chi connectivity index (χ3v) is 6.01. The number of hydrogen-bond donors (Lipinski definition) is 1. The van der Waals surface area contributed by atoms with E-state index < -0.39 is 10.0 Å². The summed E-state index contributed by atoms with van der Waals surface area (Å²) in [4.78, 5) is 0.258. The monoisotopic (exact) mass is 325 g/mol. The first-order valence-corrected chi connectivity index (χ1v) is 8.64. The van der Waals surface area contributed by atoms with Gasteiger partial charge in [0.15, 0.2) is 0 Å². The molecule has 0 aliphatic heterocycles. The standard InChI is InChI=1S/C14H23N5O2S/c1-7-19-12(5)13(9(2)17-19)8-18(6)22(20,21)14-10(3)15-16-11(14)4/h7-8H2,1-6H3,(H,15,16). The Morgan fingerprint density at radius 2 is 1.82 bits per heavy atom. The quantitative estimate of drug-likeness (QED) is 0.906. The van der Waals surface area contributed by atoms with Gasteiger partial charge in [-0.3, -0.25) is 9.78 Å². The van der Waals surface area contributed by atoms with Crippen LogP contribution in [0.25, 0.3) is 0 Å². The summed E-state index contributed by atoms with van der Waals surface area (Å²) in [6.07, 6.45) is 0. The van der Waals surface area contributed by atoms with Crippen molar-refractivity contribution in [3.8, 4) is 0 Å². The molecule has 2 aromatic heterocycles. The molecule has 0 aliphatic carbocycles. The summed E-state index contributed by atoms with van der Waals surface area (Å²) in [5.41, 5.74) is 3.86. The lowest BCUT2D eigenvalue weighted by Crippen LogP contribution is -2.27. The van der Waals surface area contributed by atoms with Crippen LogP contribution < -0.4 is 0 Å². The third-order valence-electron chi connectivity index (χ3n) is 3.94. The molecule has 22 heavy (non-hydrogen) atoms. The van der Waals surface area contributed by atoms with Crippen LogP contribution >= 0.6 is 0 Å². The molecule has 7 nitrogen and oxygen atoms in total. The van der Waals surface area contributed by atoms with E-state index in [1.807, 2.05) is 25.5 Å². The Morgan fingerprint density at radius 1 is 1.18 bits per heavy atom. The average molecular weight is 325 g/mol. The van der Waals surface area contributed by atoms with E-state index >= 15 is 0 Å². The summed E-state index contributed by atoms with van der Waals surface area (Å²) >= 11 is 0. The van der Waals surface area contributed by atoms with Crippen molar-refractivity contribution in [2.75, 3.05) is 7.05 Å². The maximum absolute atomic E-state index is 12.8. The molecule has 122 valence electrons. The van der Waals surface area contributed by atoms with Gasteiger partial charge in [-0.25, -0.2) is 8.42 Å². The molecule has 0 aromatic carbocycles. The number of nitrogens with one attached hydrogen (secondary N) is 1. The van der Waals surface area contributed by atoms with Crippen LogP contribution in [0.15, 0.2) is 4.90 Å². The molecule has 0 saturated carbocycles. The molecule has 0 amide bonds. The number of H-pyrrole nitrogens is 1. The fourth-order valence-corrected chi connectivity index (χ4v) is 4.12. The highest BCUT2D eigenvalue weighted by Gasteiger charge is 2.28. The minimum absolute atomic E-state index is 0.258. The lowest BCUT2D eigenvalue weighted by atomic mass is 10.2. The zero-order valence-corrected chi connectivity index (χ0v) is 14.7. The second kappa shape index (κ2) is 5.85. The second-order valence-electron chi connectivity index (χ2n) is 5.49. The first-order valence-electron chi connectivity index (χ1n) is 7.20. The van der Waals surface area contributed by atoms with Crippen molar-refractivity contribution in [3.05, 3.63) is 28.3 Å². The number of rotatable bonds is 5. The molecule has 0 atom stereocenters. The minimum Gasteiger partial charge on any atom is -0.281 e. The average Bonchev–Trinajstić information content (AvgIpc) is 2.92. The van der Waals surface area contributed by atoms with Crippen molar-refractivity contribution >= 4 is 10.0 Å². The van der Waals surface area contributed by atoms with Crippen molar-refractivity contribution in [2.45, 2.75) is 52.6 Å². The predicted octanol–water partition coefficient (Wildman–Crippen LogP) is 1.68. The Kier molecular flexibility index (Phi) is 4.44. The molecule has 2 aromatic rings. The molecule has 0 aliphatic rings. The van der Waals surface area contributed by atoms with Gasteiger partial charge in [0, 0.05) is 31.4 Å². The summed E-state index contributed by atoms with van der Waals surface area (Å²) in [6, 6.07) is 0. The molecule has 0 radical (unpaired) electrons. The van der Waals surface area contributed by atoms with Gasteiger partial charge < -0.3 is 0 Å². The van der Waals surface area contributed by atoms with Crippen LogP contribution in [0.2, 0.25) is 0 Å². The summed E-state index contributed by atoms with van der Waals surface area (Å²) in [5, 5.41) is 11.1. The van der Waals surface area contributed by atoms with E-state index in [1.54, 1.807) is 20.9 Å². The van der Waals surface area contributed by atoms with Gasteiger partial charge in [-0.2, -0.15) is 14.5 Å². The van der Waals surface area contributed by atoms with Crippen LogP contribution in [0.5, 0.6) is 0 Å². The number of hydrogen-bond acceptors (Lipinski definition) is 4. The van der Waals surface area contributed by atoms with Gasteiger partial charge in [0.05, 0.1) is 17.1 Å². The molecule has 1 N–H and O–H groups in total. The van der Waals surface area contributed by atoms with Gasteiger partial charge >= 0.3 is 0 Å². The lowest BCUT2D eigenvalue weighted by Gasteiger charge is -2.17. The molecule has 8 heteroatoms. The number of aromatic amines is 1. The summed E-state index contributed by atoms with van der Waals surface area (Å²) in [5.74, 6) is 0. The van der Waals surface area contributed by atoms with Crippen LogP contribution in [0.1, 0.15) is 35.3 Å². The van der Waals surface area contributed by atoms with E-state index in [0.29, 0.717) is 17.9 Å². The summed E-state index contributed by atoms with van der Waals surface area (Å²) < 4.78 is 28.8. The normalized spacial score (nSPS) is 12.3. The van der Waals surface area contributed by atoms with E-state index in [9.17, 15) is 8.42 Å². The number of aryl methyl sites for hydroxylation is 4. The Balaban J connectivity index is 2.37. The maximum Gasteiger partial charge on any atom is 0.246 e.